The second-order valence-corrected chi connectivity index (χ2v) is 4.74. The molecule has 0 bridgehead atoms. The van der Waals surface area contributed by atoms with E-state index in [2.05, 4.69) is 6.58 Å². The van der Waals surface area contributed by atoms with Crippen LogP contribution in [0.15, 0.2) is 41.8 Å². The number of hydrogen-bond acceptors (Lipinski definition) is 2. The monoisotopic (exact) mass is 199 g/mol. The van der Waals surface area contributed by atoms with Gasteiger partial charge in [0.2, 0.25) is 0 Å². The van der Waals surface area contributed by atoms with E-state index in [-0.39, 0.29) is 5.75 Å². The van der Waals surface area contributed by atoms with E-state index in [4.69, 9.17) is 4.78 Å². The average Bonchev–Trinajstić information content (AvgIpc) is 2.05. The molecule has 1 aromatic carbocycles. The molecule has 4 heteroatoms. The molecule has 1 N–H and O–H groups in total. The second kappa shape index (κ2) is 3.70. The van der Waals surface area contributed by atoms with Crippen LogP contribution in [0.1, 0.15) is 0 Å². The lowest BCUT2D eigenvalue weighted by Crippen LogP contribution is -2.02. The fourth-order valence-electron chi connectivity index (χ4n) is 0.917. The Hall–Kier alpha value is -1.16. The third-order valence-corrected chi connectivity index (χ3v) is 3.29. The second-order valence-electron chi connectivity index (χ2n) is 2.58. The van der Waals surface area contributed by atoms with E-state index in [0.29, 0.717) is 4.90 Å². The standard InChI is InChI=1S/C9H10FNOS/c1-2-7-13(11,12)9-5-3-8(10)4-6-9/h2-6,11H,1,7H2. The van der Waals surface area contributed by atoms with E-state index < -0.39 is 15.5 Å². The van der Waals surface area contributed by atoms with E-state index in [0.717, 1.165) is 0 Å². The van der Waals surface area contributed by atoms with Crippen molar-refractivity contribution in [1.29, 1.82) is 4.78 Å². The summed E-state index contributed by atoms with van der Waals surface area (Å²) < 4.78 is 31.5. The average molecular weight is 199 g/mol. The summed E-state index contributed by atoms with van der Waals surface area (Å²) in [6.07, 6.45) is 1.43. The summed E-state index contributed by atoms with van der Waals surface area (Å²) in [7, 11) is -2.81. The van der Waals surface area contributed by atoms with Crippen LogP contribution in [0.2, 0.25) is 0 Å². The van der Waals surface area contributed by atoms with Gasteiger partial charge in [-0.2, -0.15) is 0 Å². The number of rotatable bonds is 3. The van der Waals surface area contributed by atoms with Gasteiger partial charge in [-0.25, -0.2) is 13.4 Å². The first-order valence-electron chi connectivity index (χ1n) is 3.69. The molecule has 0 spiro atoms. The van der Waals surface area contributed by atoms with Crippen molar-refractivity contribution in [3.05, 3.63) is 42.7 Å². The quantitative estimate of drug-likeness (QED) is 0.746. The molecular weight excluding hydrogens is 189 g/mol. The lowest BCUT2D eigenvalue weighted by molar-refractivity contribution is 0.626. The van der Waals surface area contributed by atoms with Crippen molar-refractivity contribution in [1.82, 2.24) is 0 Å². The fourth-order valence-corrected chi connectivity index (χ4v) is 2.02. The maximum atomic E-state index is 12.5. The zero-order valence-corrected chi connectivity index (χ0v) is 7.81. The normalized spacial score (nSPS) is 14.8. The highest BCUT2D eigenvalue weighted by Gasteiger charge is 2.07. The largest absolute Gasteiger partial charge is 0.249 e. The first kappa shape index (κ1) is 9.92. The minimum Gasteiger partial charge on any atom is -0.249 e. The molecule has 0 amide bonds. The fraction of sp³-hybridized carbons (Fsp3) is 0.111. The SMILES string of the molecule is C=CCS(=N)(=O)c1ccc(F)cc1. The van der Waals surface area contributed by atoms with Crippen LogP contribution in [0.5, 0.6) is 0 Å². The minimum atomic E-state index is -2.81. The predicted octanol–water partition coefficient (Wildman–Crippen LogP) is 2.42. The van der Waals surface area contributed by atoms with Crippen molar-refractivity contribution in [2.75, 3.05) is 5.75 Å². The Morgan fingerprint density at radius 1 is 1.46 bits per heavy atom. The lowest BCUT2D eigenvalue weighted by Gasteiger charge is -2.03. The molecule has 0 radical (unpaired) electrons. The van der Waals surface area contributed by atoms with Gasteiger partial charge in [-0.05, 0) is 24.3 Å². The minimum absolute atomic E-state index is 0.0959. The number of nitrogens with one attached hydrogen (secondary N) is 1. The van der Waals surface area contributed by atoms with Crippen LogP contribution in [0.4, 0.5) is 4.39 Å². The molecule has 70 valence electrons. The Morgan fingerprint density at radius 3 is 2.46 bits per heavy atom. The van der Waals surface area contributed by atoms with Crippen LogP contribution in [-0.4, -0.2) is 9.96 Å². The number of halogens is 1. The molecular formula is C9H10FNOS. The number of hydrogen-bond donors (Lipinski definition) is 1. The van der Waals surface area contributed by atoms with Crippen LogP contribution in [-0.2, 0) is 9.73 Å². The molecule has 2 nitrogen and oxygen atoms in total. The molecule has 1 aromatic rings. The van der Waals surface area contributed by atoms with E-state index in [9.17, 15) is 8.60 Å². The van der Waals surface area contributed by atoms with Crippen LogP contribution >= 0.6 is 0 Å². The zero-order valence-electron chi connectivity index (χ0n) is 7.00. The highest BCUT2D eigenvalue weighted by molar-refractivity contribution is 7.92. The van der Waals surface area contributed by atoms with Gasteiger partial charge in [-0.1, -0.05) is 6.08 Å². The summed E-state index contributed by atoms with van der Waals surface area (Å²) >= 11 is 0. The molecule has 0 aliphatic heterocycles. The molecule has 13 heavy (non-hydrogen) atoms. The first-order chi connectivity index (χ1) is 6.06. The highest BCUT2D eigenvalue weighted by Crippen LogP contribution is 2.12. The molecule has 0 saturated heterocycles. The van der Waals surface area contributed by atoms with Crippen LogP contribution in [0.25, 0.3) is 0 Å². The van der Waals surface area contributed by atoms with Gasteiger partial charge in [0.05, 0.1) is 15.5 Å². The molecule has 0 aliphatic carbocycles. The van der Waals surface area contributed by atoms with Crippen molar-refractivity contribution in [3.8, 4) is 0 Å². The Labute approximate surface area is 77.1 Å². The van der Waals surface area contributed by atoms with Gasteiger partial charge in [-0.3, -0.25) is 0 Å². The van der Waals surface area contributed by atoms with Gasteiger partial charge in [-0.15, -0.1) is 6.58 Å². The molecule has 1 rings (SSSR count). The molecule has 0 aliphatic rings. The van der Waals surface area contributed by atoms with E-state index in [1.54, 1.807) is 0 Å². The summed E-state index contributed by atoms with van der Waals surface area (Å²) in [6.45, 7) is 3.42. The van der Waals surface area contributed by atoms with Crippen LogP contribution in [0, 0.1) is 10.6 Å². The van der Waals surface area contributed by atoms with Gasteiger partial charge in [0, 0.05) is 4.90 Å². The van der Waals surface area contributed by atoms with Crippen molar-refractivity contribution >= 4 is 9.73 Å². The summed E-state index contributed by atoms with van der Waals surface area (Å²) in [6, 6.07) is 5.14. The van der Waals surface area contributed by atoms with Gasteiger partial charge in [0.25, 0.3) is 0 Å². The van der Waals surface area contributed by atoms with Crippen molar-refractivity contribution in [2.24, 2.45) is 0 Å². The molecule has 0 heterocycles. The first-order valence-corrected chi connectivity index (χ1v) is 5.42. The highest BCUT2D eigenvalue weighted by atomic mass is 32.2. The van der Waals surface area contributed by atoms with Gasteiger partial charge in [0.1, 0.15) is 5.82 Å². The topological polar surface area (TPSA) is 40.9 Å². The third-order valence-electron chi connectivity index (χ3n) is 1.55. The Kier molecular flexibility index (Phi) is 2.83. The van der Waals surface area contributed by atoms with Crippen molar-refractivity contribution in [2.45, 2.75) is 4.90 Å². The Morgan fingerprint density at radius 2 is 2.00 bits per heavy atom. The summed E-state index contributed by atoms with van der Waals surface area (Å²) in [5.74, 6) is -0.295. The van der Waals surface area contributed by atoms with Crippen molar-refractivity contribution < 1.29 is 8.60 Å². The summed E-state index contributed by atoms with van der Waals surface area (Å²) in [5.41, 5.74) is 0. The van der Waals surface area contributed by atoms with Gasteiger partial charge >= 0.3 is 0 Å². The maximum Gasteiger partial charge on any atom is 0.123 e. The van der Waals surface area contributed by atoms with E-state index in [1.165, 1.54) is 30.3 Å². The third kappa shape index (κ3) is 2.39. The summed E-state index contributed by atoms with van der Waals surface area (Å²) in [5, 5.41) is 0. The Bertz CT molecular complexity index is 394. The van der Waals surface area contributed by atoms with Crippen LogP contribution < -0.4 is 0 Å². The van der Waals surface area contributed by atoms with E-state index >= 15 is 0 Å². The molecule has 0 aromatic heterocycles. The molecule has 1 unspecified atom stereocenters. The van der Waals surface area contributed by atoms with Crippen LogP contribution in [0.3, 0.4) is 0 Å². The van der Waals surface area contributed by atoms with Crippen molar-refractivity contribution in [3.63, 3.8) is 0 Å². The van der Waals surface area contributed by atoms with Gasteiger partial charge in [0.15, 0.2) is 0 Å². The molecule has 1 atom stereocenters. The molecule has 0 fully saturated rings. The number of benzene rings is 1. The predicted molar refractivity (Wildman–Crippen MR) is 50.6 cm³/mol. The smallest absolute Gasteiger partial charge is 0.123 e. The lowest BCUT2D eigenvalue weighted by atomic mass is 10.4. The van der Waals surface area contributed by atoms with E-state index in [1.807, 2.05) is 0 Å². The molecule has 0 saturated carbocycles. The van der Waals surface area contributed by atoms with Gasteiger partial charge < -0.3 is 0 Å². The summed E-state index contributed by atoms with van der Waals surface area (Å²) in [4.78, 5) is 0.341. The Balaban J connectivity index is 3.08. The zero-order chi connectivity index (χ0) is 9.90. The maximum absolute atomic E-state index is 12.5.